The number of Topliss-reactive ketones (excluding diaryl/α,β-unsaturated/α-hetero) is 1. The van der Waals surface area contributed by atoms with Gasteiger partial charge in [-0.3, -0.25) is 4.79 Å². The van der Waals surface area contributed by atoms with Gasteiger partial charge in [0.1, 0.15) is 5.78 Å². The first-order chi connectivity index (χ1) is 9.68. The van der Waals surface area contributed by atoms with Crippen LogP contribution in [0.2, 0.25) is 0 Å². The summed E-state index contributed by atoms with van der Waals surface area (Å²) in [6.45, 7) is 5.55. The van der Waals surface area contributed by atoms with Gasteiger partial charge in [-0.05, 0) is 49.4 Å². The molecule has 0 amide bonds. The number of carbonyl (C=O) groups is 1. The van der Waals surface area contributed by atoms with Crippen molar-refractivity contribution in [2.45, 2.75) is 58.0 Å². The maximum atomic E-state index is 12.6. The summed E-state index contributed by atoms with van der Waals surface area (Å²) in [5.41, 5.74) is 0.382. The van der Waals surface area contributed by atoms with Gasteiger partial charge in [-0.1, -0.05) is 26.0 Å². The fourth-order valence-electron chi connectivity index (χ4n) is 6.34. The van der Waals surface area contributed by atoms with Crippen molar-refractivity contribution in [2.24, 2.45) is 29.1 Å². The summed E-state index contributed by atoms with van der Waals surface area (Å²) in [6.07, 6.45) is 11.3. The number of ketones is 1. The summed E-state index contributed by atoms with van der Waals surface area (Å²) in [5.74, 6) is 2.33. The maximum Gasteiger partial charge on any atom is 0.137 e. The Bertz CT molecular complexity index is 454. The van der Waals surface area contributed by atoms with Crippen molar-refractivity contribution in [2.75, 3.05) is 6.61 Å². The van der Waals surface area contributed by atoms with Gasteiger partial charge >= 0.3 is 0 Å². The number of ether oxygens (including phenoxy) is 1. The van der Waals surface area contributed by atoms with Crippen molar-refractivity contribution in [3.63, 3.8) is 0 Å². The molecule has 0 aromatic carbocycles. The van der Waals surface area contributed by atoms with Crippen LogP contribution in [0.25, 0.3) is 0 Å². The molecule has 4 aliphatic rings. The first-order valence-electron chi connectivity index (χ1n) is 8.53. The van der Waals surface area contributed by atoms with Gasteiger partial charge in [0.25, 0.3) is 0 Å². The molecule has 0 aromatic heterocycles. The molecule has 4 rings (SSSR count). The van der Waals surface area contributed by atoms with E-state index in [4.69, 9.17) is 4.74 Å². The van der Waals surface area contributed by atoms with Gasteiger partial charge in [0.15, 0.2) is 0 Å². The predicted molar refractivity (Wildman–Crippen MR) is 78.3 cm³/mol. The number of hydrogen-bond acceptors (Lipinski definition) is 2. The molecule has 2 saturated carbocycles. The van der Waals surface area contributed by atoms with Crippen LogP contribution >= 0.6 is 0 Å². The Morgan fingerprint density at radius 3 is 2.60 bits per heavy atom. The molecule has 1 aliphatic heterocycles. The predicted octanol–water partition coefficient (Wildman–Crippen LogP) is 3.75. The van der Waals surface area contributed by atoms with E-state index in [1.165, 1.54) is 25.7 Å². The molecule has 0 N–H and O–H groups in total. The molecule has 20 heavy (non-hydrogen) atoms. The van der Waals surface area contributed by atoms with Crippen molar-refractivity contribution >= 4 is 5.78 Å². The summed E-state index contributed by atoms with van der Waals surface area (Å²) in [7, 11) is 0. The molecular weight excluding hydrogens is 248 g/mol. The highest BCUT2D eigenvalue weighted by Gasteiger charge is 2.68. The van der Waals surface area contributed by atoms with Crippen molar-refractivity contribution in [1.29, 1.82) is 0 Å². The van der Waals surface area contributed by atoms with Crippen molar-refractivity contribution in [3.8, 4) is 0 Å². The van der Waals surface area contributed by atoms with Gasteiger partial charge in [0, 0.05) is 24.9 Å². The second-order valence-electron chi connectivity index (χ2n) is 7.41. The summed E-state index contributed by atoms with van der Waals surface area (Å²) < 4.78 is 6.29. The Balaban J connectivity index is 1.81. The van der Waals surface area contributed by atoms with E-state index in [0.717, 1.165) is 19.4 Å². The van der Waals surface area contributed by atoms with Crippen LogP contribution in [0.5, 0.6) is 0 Å². The van der Waals surface area contributed by atoms with E-state index >= 15 is 0 Å². The lowest BCUT2D eigenvalue weighted by atomic mass is 9.63. The van der Waals surface area contributed by atoms with Gasteiger partial charge in [-0.2, -0.15) is 0 Å². The fraction of sp³-hybridized carbons (Fsp3) is 0.833. The molecule has 2 bridgehead atoms. The topological polar surface area (TPSA) is 26.3 Å². The lowest BCUT2D eigenvalue weighted by Gasteiger charge is -2.45. The van der Waals surface area contributed by atoms with E-state index < -0.39 is 0 Å². The Hall–Kier alpha value is -0.630. The zero-order chi connectivity index (χ0) is 14.0. The van der Waals surface area contributed by atoms with Crippen LogP contribution in [0.4, 0.5) is 0 Å². The molecule has 3 aliphatic carbocycles. The summed E-state index contributed by atoms with van der Waals surface area (Å²) >= 11 is 0. The van der Waals surface area contributed by atoms with E-state index in [9.17, 15) is 4.79 Å². The number of allylic oxidation sites excluding steroid dienone is 2. The molecule has 5 atom stereocenters. The Kier molecular flexibility index (Phi) is 2.74. The van der Waals surface area contributed by atoms with Crippen LogP contribution in [0.1, 0.15) is 52.4 Å². The average molecular weight is 274 g/mol. The van der Waals surface area contributed by atoms with Crippen LogP contribution in [-0.2, 0) is 9.53 Å². The van der Waals surface area contributed by atoms with Gasteiger partial charge < -0.3 is 4.74 Å². The smallest absolute Gasteiger partial charge is 0.137 e. The largest absolute Gasteiger partial charge is 0.375 e. The first kappa shape index (κ1) is 13.1. The van der Waals surface area contributed by atoms with Crippen molar-refractivity contribution < 1.29 is 9.53 Å². The van der Waals surface area contributed by atoms with Crippen molar-refractivity contribution in [3.05, 3.63) is 12.2 Å². The average Bonchev–Trinajstić information content (AvgIpc) is 3.15. The van der Waals surface area contributed by atoms with Crippen LogP contribution in [0.3, 0.4) is 0 Å². The Labute approximate surface area is 122 Å². The zero-order valence-corrected chi connectivity index (χ0v) is 12.7. The number of hydrogen-bond donors (Lipinski definition) is 0. The molecule has 2 heteroatoms. The van der Waals surface area contributed by atoms with Crippen LogP contribution in [0, 0.1) is 29.1 Å². The monoisotopic (exact) mass is 274 g/mol. The molecule has 3 fully saturated rings. The van der Waals surface area contributed by atoms with Gasteiger partial charge in [-0.25, -0.2) is 0 Å². The van der Waals surface area contributed by atoms with Gasteiger partial charge in [0.05, 0.1) is 5.60 Å². The lowest BCUT2D eigenvalue weighted by molar-refractivity contribution is -0.143. The van der Waals surface area contributed by atoms with E-state index in [1.807, 2.05) is 0 Å². The quantitative estimate of drug-likeness (QED) is 0.717. The first-order valence-corrected chi connectivity index (χ1v) is 8.53. The SMILES string of the molecule is CCC1(CC)[C@@H]2C=C[C@H]1[C@H]1C(=O)CC[C@@]3(CCCO3)[C@H]12. The Morgan fingerprint density at radius 1 is 1.20 bits per heavy atom. The standard InChI is InChI=1S/C18H26O2/c1-3-17(4-2)12-6-7-13(17)16-15(12)14(19)8-10-18(16)9-5-11-20-18/h6-7,12-13,15-16H,3-5,8-11H2,1-2H3/t12-,13+,15-,16-,18-/m0/s1. The molecule has 2 nitrogen and oxygen atoms in total. The molecule has 0 unspecified atom stereocenters. The summed E-state index contributed by atoms with van der Waals surface area (Å²) in [6, 6.07) is 0. The van der Waals surface area contributed by atoms with E-state index in [2.05, 4.69) is 26.0 Å². The molecule has 1 saturated heterocycles. The highest BCUT2D eigenvalue weighted by molar-refractivity contribution is 5.84. The highest BCUT2D eigenvalue weighted by atomic mass is 16.5. The highest BCUT2D eigenvalue weighted by Crippen LogP contribution is 2.68. The van der Waals surface area contributed by atoms with E-state index in [-0.39, 0.29) is 11.5 Å². The van der Waals surface area contributed by atoms with Crippen molar-refractivity contribution in [1.82, 2.24) is 0 Å². The van der Waals surface area contributed by atoms with Crippen LogP contribution in [-0.4, -0.2) is 18.0 Å². The minimum Gasteiger partial charge on any atom is -0.375 e. The zero-order valence-electron chi connectivity index (χ0n) is 12.7. The number of fused-ring (bicyclic) bond motifs is 6. The molecular formula is C18H26O2. The molecule has 1 spiro atoms. The molecule has 110 valence electrons. The number of rotatable bonds is 2. The maximum absolute atomic E-state index is 12.6. The lowest BCUT2D eigenvalue weighted by Crippen LogP contribution is -2.50. The molecule has 0 aromatic rings. The van der Waals surface area contributed by atoms with Gasteiger partial charge in [-0.15, -0.1) is 0 Å². The number of carbonyl (C=O) groups excluding carboxylic acids is 1. The van der Waals surface area contributed by atoms with Gasteiger partial charge in [0.2, 0.25) is 0 Å². The fourth-order valence-corrected chi connectivity index (χ4v) is 6.34. The third-order valence-electron chi connectivity index (χ3n) is 7.24. The van der Waals surface area contributed by atoms with Crippen LogP contribution < -0.4 is 0 Å². The minimum absolute atomic E-state index is 0.0400. The molecule has 0 radical (unpaired) electrons. The third kappa shape index (κ3) is 1.32. The minimum atomic E-state index is 0.0400. The van der Waals surface area contributed by atoms with Crippen LogP contribution in [0.15, 0.2) is 12.2 Å². The normalized spacial score (nSPS) is 48.2. The van der Waals surface area contributed by atoms with E-state index in [0.29, 0.717) is 29.0 Å². The second kappa shape index (κ2) is 4.19. The summed E-state index contributed by atoms with van der Waals surface area (Å²) in [5, 5.41) is 0. The third-order valence-corrected chi connectivity index (χ3v) is 7.24. The second-order valence-corrected chi connectivity index (χ2v) is 7.41. The van der Waals surface area contributed by atoms with E-state index in [1.54, 1.807) is 0 Å². The molecule has 1 heterocycles. The summed E-state index contributed by atoms with van der Waals surface area (Å²) in [4.78, 5) is 12.6. The Morgan fingerprint density at radius 2 is 1.95 bits per heavy atom.